The minimum absolute atomic E-state index is 0.152. The zero-order chi connectivity index (χ0) is 19.2. The van der Waals surface area contributed by atoms with Crippen molar-refractivity contribution in [1.29, 1.82) is 0 Å². The number of hydrogen-bond donors (Lipinski definition) is 1. The minimum Gasteiger partial charge on any atom is -0.482 e. The van der Waals surface area contributed by atoms with Gasteiger partial charge < -0.3 is 9.64 Å². The highest BCUT2D eigenvalue weighted by molar-refractivity contribution is 6.32. The van der Waals surface area contributed by atoms with Gasteiger partial charge in [-0.3, -0.25) is 9.59 Å². The van der Waals surface area contributed by atoms with Gasteiger partial charge in [-0.2, -0.15) is 5.10 Å². The summed E-state index contributed by atoms with van der Waals surface area (Å²) in [6, 6.07) is 14.5. The third-order valence-corrected chi connectivity index (χ3v) is 4.53. The molecule has 0 radical (unpaired) electrons. The van der Waals surface area contributed by atoms with Gasteiger partial charge in [-0.25, -0.2) is 5.43 Å². The SMILES string of the molecule is C/C(=N/NC(=O)COc1ccccc1Cl)c1ccc(N2CCCC2=O)cc1. The Bertz CT molecular complexity index is 865. The third kappa shape index (κ3) is 4.86. The molecule has 1 heterocycles. The molecule has 6 nitrogen and oxygen atoms in total. The van der Waals surface area contributed by atoms with Crippen molar-refractivity contribution < 1.29 is 14.3 Å². The summed E-state index contributed by atoms with van der Waals surface area (Å²) in [6.07, 6.45) is 1.49. The number of rotatable bonds is 6. The molecule has 27 heavy (non-hydrogen) atoms. The fourth-order valence-electron chi connectivity index (χ4n) is 2.75. The summed E-state index contributed by atoms with van der Waals surface area (Å²) < 4.78 is 5.37. The van der Waals surface area contributed by atoms with Crippen LogP contribution in [0.1, 0.15) is 25.3 Å². The number of nitrogens with zero attached hydrogens (tertiary/aromatic N) is 2. The van der Waals surface area contributed by atoms with E-state index in [-0.39, 0.29) is 18.4 Å². The summed E-state index contributed by atoms with van der Waals surface area (Å²) in [7, 11) is 0. The Morgan fingerprint density at radius 2 is 1.96 bits per heavy atom. The molecule has 0 saturated carbocycles. The van der Waals surface area contributed by atoms with Crippen LogP contribution in [0.5, 0.6) is 5.75 Å². The molecule has 0 unspecified atom stereocenters. The number of carbonyl (C=O) groups excluding carboxylic acids is 2. The van der Waals surface area contributed by atoms with Crippen LogP contribution in [0, 0.1) is 0 Å². The summed E-state index contributed by atoms with van der Waals surface area (Å²) in [6.45, 7) is 2.37. The summed E-state index contributed by atoms with van der Waals surface area (Å²) in [5.41, 5.74) is 4.86. The topological polar surface area (TPSA) is 71.0 Å². The number of anilines is 1. The van der Waals surface area contributed by atoms with Crippen molar-refractivity contribution in [1.82, 2.24) is 5.43 Å². The van der Waals surface area contributed by atoms with Crippen LogP contribution < -0.4 is 15.1 Å². The second-order valence-corrected chi connectivity index (χ2v) is 6.55. The van der Waals surface area contributed by atoms with Crippen molar-refractivity contribution in [2.75, 3.05) is 18.1 Å². The molecule has 0 spiro atoms. The zero-order valence-corrected chi connectivity index (χ0v) is 15.7. The first kappa shape index (κ1) is 18.9. The zero-order valence-electron chi connectivity index (χ0n) is 14.9. The maximum atomic E-state index is 11.9. The van der Waals surface area contributed by atoms with Crippen LogP contribution in [0.2, 0.25) is 5.02 Å². The van der Waals surface area contributed by atoms with Gasteiger partial charge in [0.05, 0.1) is 10.7 Å². The van der Waals surface area contributed by atoms with Crippen molar-refractivity contribution in [2.24, 2.45) is 5.10 Å². The smallest absolute Gasteiger partial charge is 0.277 e. The fourth-order valence-corrected chi connectivity index (χ4v) is 2.94. The Labute approximate surface area is 162 Å². The molecular formula is C20H20ClN3O3. The Balaban J connectivity index is 1.54. The monoisotopic (exact) mass is 385 g/mol. The van der Waals surface area contributed by atoms with Crippen LogP contribution in [0.15, 0.2) is 53.6 Å². The maximum absolute atomic E-state index is 11.9. The molecule has 3 rings (SSSR count). The highest BCUT2D eigenvalue weighted by Crippen LogP contribution is 2.23. The molecule has 0 aromatic heterocycles. The average Bonchev–Trinajstić information content (AvgIpc) is 3.11. The molecule has 1 aliphatic rings. The molecule has 2 aromatic carbocycles. The molecule has 140 valence electrons. The van der Waals surface area contributed by atoms with E-state index in [1.54, 1.807) is 36.1 Å². The molecule has 0 aliphatic carbocycles. The second kappa shape index (κ2) is 8.68. The molecule has 7 heteroatoms. The number of hydrogen-bond acceptors (Lipinski definition) is 4. The molecular weight excluding hydrogens is 366 g/mol. The van der Waals surface area contributed by atoms with Gasteiger partial charge in [0.2, 0.25) is 5.91 Å². The molecule has 0 atom stereocenters. The number of ether oxygens (including phenoxy) is 1. The standard InChI is InChI=1S/C20H20ClN3O3/c1-14(15-8-10-16(11-9-15)24-12-4-7-20(24)26)22-23-19(25)13-27-18-6-3-2-5-17(18)21/h2-3,5-6,8-11H,4,7,12-13H2,1H3,(H,23,25)/b22-14-. The molecule has 0 bridgehead atoms. The van der Waals surface area contributed by atoms with Gasteiger partial charge in [0, 0.05) is 18.7 Å². The van der Waals surface area contributed by atoms with Crippen molar-refractivity contribution >= 4 is 34.8 Å². The van der Waals surface area contributed by atoms with Gasteiger partial charge in [-0.15, -0.1) is 0 Å². The van der Waals surface area contributed by atoms with E-state index < -0.39 is 0 Å². The second-order valence-electron chi connectivity index (χ2n) is 6.15. The lowest BCUT2D eigenvalue weighted by Gasteiger charge is -2.15. The number of carbonyl (C=O) groups is 2. The average molecular weight is 386 g/mol. The quantitative estimate of drug-likeness (QED) is 0.612. The molecule has 2 amide bonds. The van der Waals surface area contributed by atoms with Crippen LogP contribution in [0.4, 0.5) is 5.69 Å². The van der Waals surface area contributed by atoms with Crippen LogP contribution in [-0.4, -0.2) is 30.7 Å². The molecule has 1 N–H and O–H groups in total. The highest BCUT2D eigenvalue weighted by atomic mass is 35.5. The summed E-state index contributed by atoms with van der Waals surface area (Å²) >= 11 is 5.98. The summed E-state index contributed by atoms with van der Waals surface area (Å²) in [5.74, 6) is 0.217. The maximum Gasteiger partial charge on any atom is 0.277 e. The van der Waals surface area contributed by atoms with Gasteiger partial charge in [0.25, 0.3) is 5.91 Å². The number of amides is 2. The van der Waals surface area contributed by atoms with Crippen molar-refractivity contribution in [3.05, 3.63) is 59.1 Å². The first-order valence-corrected chi connectivity index (χ1v) is 9.03. The van der Waals surface area contributed by atoms with Gasteiger partial charge in [0.1, 0.15) is 5.75 Å². The number of benzene rings is 2. The predicted octanol–water partition coefficient (Wildman–Crippen LogP) is 3.39. The first-order chi connectivity index (χ1) is 13.0. The van der Waals surface area contributed by atoms with Crippen molar-refractivity contribution in [2.45, 2.75) is 19.8 Å². The van der Waals surface area contributed by atoms with Crippen molar-refractivity contribution in [3.63, 3.8) is 0 Å². The molecule has 2 aromatic rings. The number of halogens is 1. The Hall–Kier alpha value is -2.86. The van der Waals surface area contributed by atoms with E-state index in [0.717, 1.165) is 24.2 Å². The molecule has 1 fully saturated rings. The van der Waals surface area contributed by atoms with Crippen LogP contribution in [0.25, 0.3) is 0 Å². The van der Waals surface area contributed by atoms with Gasteiger partial charge in [0.15, 0.2) is 6.61 Å². The van der Waals surface area contributed by atoms with Gasteiger partial charge in [-0.05, 0) is 43.2 Å². The van der Waals surface area contributed by atoms with E-state index in [9.17, 15) is 9.59 Å². The van der Waals surface area contributed by atoms with Gasteiger partial charge in [-0.1, -0.05) is 35.9 Å². The van der Waals surface area contributed by atoms with Crippen LogP contribution in [0.3, 0.4) is 0 Å². The molecule has 1 saturated heterocycles. The molecule has 1 aliphatic heterocycles. The number of hydrazone groups is 1. The Morgan fingerprint density at radius 3 is 2.63 bits per heavy atom. The summed E-state index contributed by atoms with van der Waals surface area (Å²) in [5, 5.41) is 4.54. The lowest BCUT2D eigenvalue weighted by molar-refractivity contribution is -0.123. The highest BCUT2D eigenvalue weighted by Gasteiger charge is 2.21. The minimum atomic E-state index is -0.381. The lowest BCUT2D eigenvalue weighted by atomic mass is 10.1. The van der Waals surface area contributed by atoms with E-state index in [1.165, 1.54) is 0 Å². The lowest BCUT2D eigenvalue weighted by Crippen LogP contribution is -2.25. The fraction of sp³-hybridized carbons (Fsp3) is 0.250. The number of nitrogens with one attached hydrogen (secondary N) is 1. The van der Waals surface area contributed by atoms with E-state index in [4.69, 9.17) is 16.3 Å². The summed E-state index contributed by atoms with van der Waals surface area (Å²) in [4.78, 5) is 25.5. The van der Waals surface area contributed by atoms with Crippen LogP contribution >= 0.6 is 11.6 Å². The largest absolute Gasteiger partial charge is 0.482 e. The van der Waals surface area contributed by atoms with E-state index >= 15 is 0 Å². The van der Waals surface area contributed by atoms with E-state index in [1.807, 2.05) is 24.3 Å². The van der Waals surface area contributed by atoms with Gasteiger partial charge >= 0.3 is 0 Å². The van der Waals surface area contributed by atoms with Crippen LogP contribution in [-0.2, 0) is 9.59 Å². The Morgan fingerprint density at radius 1 is 1.22 bits per heavy atom. The number of para-hydroxylation sites is 1. The van der Waals surface area contributed by atoms with Crippen molar-refractivity contribution in [3.8, 4) is 5.75 Å². The third-order valence-electron chi connectivity index (χ3n) is 4.21. The first-order valence-electron chi connectivity index (χ1n) is 8.66. The predicted molar refractivity (Wildman–Crippen MR) is 105 cm³/mol. The van der Waals surface area contributed by atoms with E-state index in [2.05, 4.69) is 10.5 Å². The Kier molecular flexibility index (Phi) is 6.08. The van der Waals surface area contributed by atoms with E-state index in [0.29, 0.717) is 22.9 Å². The normalized spacial score (nSPS) is 14.4.